The van der Waals surface area contributed by atoms with E-state index in [0.29, 0.717) is 12.0 Å². The molecule has 0 spiro atoms. The molecule has 1 saturated carbocycles. The van der Waals surface area contributed by atoms with Crippen LogP contribution in [0.2, 0.25) is 0 Å². The first-order chi connectivity index (χ1) is 8.34. The van der Waals surface area contributed by atoms with Gasteiger partial charge in [0.05, 0.1) is 0 Å². The summed E-state index contributed by atoms with van der Waals surface area (Å²) in [6.07, 6.45) is 7.48. The smallest absolute Gasteiger partial charge is 0.138 e. The number of nitrogens with zero attached hydrogens (tertiary/aromatic N) is 2. The average Bonchev–Trinajstić information content (AvgIpc) is 2.95. The number of anilines is 1. The van der Waals surface area contributed by atoms with E-state index >= 15 is 0 Å². The maximum Gasteiger partial charge on any atom is 0.138 e. The molecule has 1 aliphatic carbocycles. The minimum atomic E-state index is 0.365. The number of imidazole rings is 1. The summed E-state index contributed by atoms with van der Waals surface area (Å²) in [5.74, 6) is 1.70. The van der Waals surface area contributed by atoms with Gasteiger partial charge in [-0.05, 0) is 30.9 Å². The third-order valence-corrected chi connectivity index (χ3v) is 3.69. The molecule has 2 heterocycles. The highest BCUT2D eigenvalue weighted by Crippen LogP contribution is 2.24. The van der Waals surface area contributed by atoms with Crippen molar-refractivity contribution in [1.82, 2.24) is 9.38 Å². The van der Waals surface area contributed by atoms with Gasteiger partial charge in [-0.25, -0.2) is 4.98 Å². The lowest BCUT2D eigenvalue weighted by Gasteiger charge is -2.17. The fraction of sp³-hybridized carbons (Fsp3) is 0.462. The van der Waals surface area contributed by atoms with E-state index in [9.17, 15) is 0 Å². The van der Waals surface area contributed by atoms with Crippen molar-refractivity contribution in [3.8, 4) is 0 Å². The Morgan fingerprint density at radius 1 is 1.41 bits per heavy atom. The molecule has 0 aliphatic heterocycles. The first kappa shape index (κ1) is 10.6. The van der Waals surface area contributed by atoms with E-state index in [4.69, 9.17) is 5.73 Å². The van der Waals surface area contributed by atoms with Crippen LogP contribution in [0.25, 0.3) is 5.65 Å². The lowest BCUT2D eigenvalue weighted by molar-refractivity contribution is 0.504. The van der Waals surface area contributed by atoms with Crippen LogP contribution in [-0.4, -0.2) is 22.0 Å². The molecule has 17 heavy (non-hydrogen) atoms. The first-order valence-corrected chi connectivity index (χ1v) is 6.26. The van der Waals surface area contributed by atoms with E-state index in [2.05, 4.69) is 20.8 Å². The van der Waals surface area contributed by atoms with E-state index < -0.39 is 0 Å². The van der Waals surface area contributed by atoms with Crippen molar-refractivity contribution < 1.29 is 0 Å². The van der Waals surface area contributed by atoms with Crippen LogP contribution < -0.4 is 11.1 Å². The normalized spacial score (nSPS) is 24.3. The van der Waals surface area contributed by atoms with Crippen LogP contribution in [0.1, 0.15) is 19.3 Å². The van der Waals surface area contributed by atoms with Crippen LogP contribution in [0.4, 0.5) is 5.82 Å². The molecule has 2 aromatic heterocycles. The molecule has 0 bridgehead atoms. The highest BCUT2D eigenvalue weighted by atomic mass is 15.1. The highest BCUT2D eigenvalue weighted by Gasteiger charge is 2.23. The number of aromatic nitrogens is 2. The summed E-state index contributed by atoms with van der Waals surface area (Å²) in [5.41, 5.74) is 7.05. The molecule has 0 saturated heterocycles. The van der Waals surface area contributed by atoms with Crippen LogP contribution in [0.5, 0.6) is 0 Å². The number of hydrogen-bond donors (Lipinski definition) is 2. The van der Waals surface area contributed by atoms with Gasteiger partial charge in [-0.3, -0.25) is 4.40 Å². The Morgan fingerprint density at radius 3 is 3.18 bits per heavy atom. The summed E-state index contributed by atoms with van der Waals surface area (Å²) >= 11 is 0. The van der Waals surface area contributed by atoms with Crippen molar-refractivity contribution in [2.45, 2.75) is 25.3 Å². The van der Waals surface area contributed by atoms with Gasteiger partial charge in [0, 0.05) is 25.0 Å². The van der Waals surface area contributed by atoms with Crippen LogP contribution in [0.3, 0.4) is 0 Å². The second kappa shape index (κ2) is 4.37. The number of fused-ring (bicyclic) bond motifs is 1. The van der Waals surface area contributed by atoms with Crippen LogP contribution in [0.15, 0.2) is 30.6 Å². The molecular formula is C13H18N4. The minimum Gasteiger partial charge on any atom is -0.371 e. The van der Waals surface area contributed by atoms with E-state index in [-0.39, 0.29) is 0 Å². The maximum atomic E-state index is 6.08. The van der Waals surface area contributed by atoms with Gasteiger partial charge < -0.3 is 11.1 Å². The Balaban J connectivity index is 1.74. The third kappa shape index (κ3) is 2.00. The molecule has 1 aliphatic rings. The summed E-state index contributed by atoms with van der Waals surface area (Å²) in [5, 5.41) is 3.49. The Hall–Kier alpha value is -1.55. The summed E-state index contributed by atoms with van der Waals surface area (Å²) in [6, 6.07) is 6.48. The van der Waals surface area contributed by atoms with Crippen LogP contribution in [-0.2, 0) is 0 Å². The van der Waals surface area contributed by atoms with E-state index in [1.54, 1.807) is 0 Å². The number of hydrogen-bond acceptors (Lipinski definition) is 3. The molecule has 3 N–H and O–H groups in total. The maximum absolute atomic E-state index is 6.08. The molecule has 4 nitrogen and oxygen atoms in total. The first-order valence-electron chi connectivity index (χ1n) is 6.26. The number of pyridine rings is 1. The number of nitrogens with two attached hydrogens (primary N) is 1. The van der Waals surface area contributed by atoms with Gasteiger partial charge in [0.1, 0.15) is 11.5 Å². The lowest BCUT2D eigenvalue weighted by Crippen LogP contribution is -2.29. The molecule has 2 aromatic rings. The number of rotatable bonds is 3. The summed E-state index contributed by atoms with van der Waals surface area (Å²) < 4.78 is 2.07. The zero-order chi connectivity index (χ0) is 11.7. The topological polar surface area (TPSA) is 55.3 Å². The molecule has 0 aromatic carbocycles. The highest BCUT2D eigenvalue weighted by molar-refractivity contribution is 5.49. The van der Waals surface area contributed by atoms with E-state index in [1.807, 2.05) is 24.5 Å². The van der Waals surface area contributed by atoms with Gasteiger partial charge in [-0.15, -0.1) is 0 Å². The van der Waals surface area contributed by atoms with E-state index in [1.165, 1.54) is 19.3 Å². The lowest BCUT2D eigenvalue weighted by atomic mass is 10.1. The fourth-order valence-corrected chi connectivity index (χ4v) is 2.65. The predicted molar refractivity (Wildman–Crippen MR) is 69.0 cm³/mol. The standard InChI is InChI=1S/C13H18N4/c14-11-4-1-3-10(11)9-16-13-6-2-5-12-15-7-8-17(12)13/h2,5-8,10-11,16H,1,3-4,9,14H2. The van der Waals surface area contributed by atoms with Crippen LogP contribution in [0, 0.1) is 5.92 Å². The largest absolute Gasteiger partial charge is 0.371 e. The van der Waals surface area contributed by atoms with Gasteiger partial charge >= 0.3 is 0 Å². The predicted octanol–water partition coefficient (Wildman–Crippen LogP) is 1.87. The van der Waals surface area contributed by atoms with Gasteiger partial charge in [0.15, 0.2) is 0 Å². The second-order valence-corrected chi connectivity index (χ2v) is 4.80. The molecule has 90 valence electrons. The fourth-order valence-electron chi connectivity index (χ4n) is 2.65. The van der Waals surface area contributed by atoms with Crippen molar-refractivity contribution in [3.63, 3.8) is 0 Å². The summed E-state index contributed by atoms with van der Waals surface area (Å²) in [4.78, 5) is 4.27. The van der Waals surface area contributed by atoms with Gasteiger partial charge in [0.25, 0.3) is 0 Å². The van der Waals surface area contributed by atoms with Crippen molar-refractivity contribution >= 4 is 11.5 Å². The third-order valence-electron chi connectivity index (χ3n) is 3.69. The van der Waals surface area contributed by atoms with E-state index in [0.717, 1.165) is 18.0 Å². The SMILES string of the molecule is NC1CCCC1CNc1cccc2nccn12. The number of nitrogens with one attached hydrogen (secondary N) is 1. The van der Waals surface area contributed by atoms with Crippen molar-refractivity contribution in [3.05, 3.63) is 30.6 Å². The Kier molecular flexibility index (Phi) is 2.73. The Bertz CT molecular complexity index is 505. The zero-order valence-electron chi connectivity index (χ0n) is 9.84. The molecule has 0 radical (unpaired) electrons. The molecular weight excluding hydrogens is 212 g/mol. The molecule has 2 atom stereocenters. The molecule has 4 heteroatoms. The average molecular weight is 230 g/mol. The molecule has 3 rings (SSSR count). The van der Waals surface area contributed by atoms with Gasteiger partial charge in [0.2, 0.25) is 0 Å². The molecule has 1 fully saturated rings. The van der Waals surface area contributed by atoms with Gasteiger partial charge in [-0.1, -0.05) is 12.5 Å². The molecule has 2 unspecified atom stereocenters. The van der Waals surface area contributed by atoms with Crippen molar-refractivity contribution in [2.75, 3.05) is 11.9 Å². The Morgan fingerprint density at radius 2 is 2.35 bits per heavy atom. The van der Waals surface area contributed by atoms with Crippen molar-refractivity contribution in [2.24, 2.45) is 11.7 Å². The van der Waals surface area contributed by atoms with Gasteiger partial charge in [-0.2, -0.15) is 0 Å². The Labute approximate surface area is 101 Å². The summed E-state index contributed by atoms with van der Waals surface area (Å²) in [7, 11) is 0. The summed E-state index contributed by atoms with van der Waals surface area (Å²) in [6.45, 7) is 0.957. The van der Waals surface area contributed by atoms with Crippen LogP contribution >= 0.6 is 0 Å². The second-order valence-electron chi connectivity index (χ2n) is 4.80. The zero-order valence-corrected chi connectivity index (χ0v) is 9.84. The monoisotopic (exact) mass is 230 g/mol. The quantitative estimate of drug-likeness (QED) is 0.846. The minimum absolute atomic E-state index is 0.365. The van der Waals surface area contributed by atoms with Crippen molar-refractivity contribution in [1.29, 1.82) is 0 Å². The molecule has 0 amide bonds.